The molecule has 0 aliphatic rings. The molecule has 3 heteroatoms. The molecule has 1 aromatic rings. The molecule has 0 fully saturated rings. The average Bonchev–Trinajstić information content (AvgIpc) is 2.34. The molecule has 0 aliphatic heterocycles. The van der Waals surface area contributed by atoms with Crippen molar-refractivity contribution < 1.29 is 0 Å². The van der Waals surface area contributed by atoms with E-state index in [4.69, 9.17) is 4.98 Å². The van der Waals surface area contributed by atoms with E-state index in [1.165, 1.54) is 5.56 Å². The van der Waals surface area contributed by atoms with Gasteiger partial charge in [0.15, 0.2) is 0 Å². The minimum absolute atomic E-state index is 0.0215. The zero-order valence-electron chi connectivity index (χ0n) is 13.8. The molecule has 0 amide bonds. The van der Waals surface area contributed by atoms with Crippen molar-refractivity contribution in [1.29, 1.82) is 0 Å². The first-order chi connectivity index (χ1) is 9.29. The maximum absolute atomic E-state index is 4.85. The number of anilines is 1. The Kier molecular flexibility index (Phi) is 5.75. The Hall–Kier alpha value is -1.35. The molecule has 0 radical (unpaired) electrons. The van der Waals surface area contributed by atoms with E-state index in [2.05, 4.69) is 63.5 Å². The molecule has 1 rings (SSSR count). The summed E-state index contributed by atoms with van der Waals surface area (Å²) >= 11 is 0. The lowest BCUT2D eigenvalue weighted by molar-refractivity contribution is 0.516. The fourth-order valence-electron chi connectivity index (χ4n) is 2.17. The summed E-state index contributed by atoms with van der Waals surface area (Å²) in [4.78, 5) is 7.15. The van der Waals surface area contributed by atoms with Crippen LogP contribution in [0.4, 0.5) is 5.82 Å². The van der Waals surface area contributed by atoms with Crippen LogP contribution < -0.4 is 10.2 Å². The molecule has 112 valence electrons. The van der Waals surface area contributed by atoms with Crippen molar-refractivity contribution in [1.82, 2.24) is 10.3 Å². The first kappa shape index (κ1) is 16.7. The third-order valence-corrected chi connectivity index (χ3v) is 3.26. The van der Waals surface area contributed by atoms with Crippen molar-refractivity contribution in [3.8, 4) is 0 Å². The van der Waals surface area contributed by atoms with Crippen LogP contribution in [0.3, 0.4) is 0 Å². The van der Waals surface area contributed by atoms with Gasteiger partial charge in [-0.25, -0.2) is 4.98 Å². The normalized spacial score (nSPS) is 11.8. The van der Waals surface area contributed by atoms with E-state index in [-0.39, 0.29) is 5.54 Å². The lowest BCUT2D eigenvalue weighted by Gasteiger charge is -2.36. The quantitative estimate of drug-likeness (QED) is 0.802. The standard InChI is InChI=1S/C17H29N3/c1-8-9-20(17(4,5)6)16-11-14(12-18-7)10-15(19-16)13(2)3/h8,10-11,13,18H,1,9,12H2,2-7H3. The van der Waals surface area contributed by atoms with E-state index in [9.17, 15) is 0 Å². The molecule has 0 aromatic carbocycles. The summed E-state index contributed by atoms with van der Waals surface area (Å²) in [5.74, 6) is 1.46. The smallest absolute Gasteiger partial charge is 0.129 e. The predicted molar refractivity (Wildman–Crippen MR) is 88.4 cm³/mol. The van der Waals surface area contributed by atoms with Crippen LogP contribution in [0, 0.1) is 0 Å². The third kappa shape index (κ3) is 4.34. The van der Waals surface area contributed by atoms with Crippen molar-refractivity contribution in [3.05, 3.63) is 36.0 Å². The molecule has 0 saturated heterocycles. The first-order valence-corrected chi connectivity index (χ1v) is 7.33. The molecule has 0 spiro atoms. The molecular formula is C17H29N3. The van der Waals surface area contributed by atoms with E-state index >= 15 is 0 Å². The number of nitrogens with one attached hydrogen (secondary N) is 1. The summed E-state index contributed by atoms with van der Waals surface area (Å²) in [6.07, 6.45) is 1.94. The summed E-state index contributed by atoms with van der Waals surface area (Å²) in [5.41, 5.74) is 2.44. The van der Waals surface area contributed by atoms with E-state index < -0.39 is 0 Å². The van der Waals surface area contributed by atoms with Gasteiger partial charge in [0, 0.05) is 24.3 Å². The van der Waals surface area contributed by atoms with Crippen LogP contribution in [0.5, 0.6) is 0 Å². The van der Waals surface area contributed by atoms with Crippen LogP contribution in [0.1, 0.15) is 51.8 Å². The SMILES string of the molecule is C=CCN(c1cc(CNC)cc(C(C)C)n1)C(C)(C)C. The highest BCUT2D eigenvalue weighted by Gasteiger charge is 2.22. The van der Waals surface area contributed by atoms with Crippen LogP contribution in [0.15, 0.2) is 24.8 Å². The van der Waals surface area contributed by atoms with Gasteiger partial charge in [0.1, 0.15) is 5.82 Å². The summed E-state index contributed by atoms with van der Waals surface area (Å²) < 4.78 is 0. The number of nitrogens with zero attached hydrogens (tertiary/aromatic N) is 2. The van der Waals surface area contributed by atoms with Gasteiger partial charge in [-0.2, -0.15) is 0 Å². The predicted octanol–water partition coefficient (Wildman–Crippen LogP) is 3.72. The number of aromatic nitrogens is 1. The van der Waals surface area contributed by atoms with Crippen molar-refractivity contribution in [2.24, 2.45) is 0 Å². The number of pyridine rings is 1. The van der Waals surface area contributed by atoms with Crippen LogP contribution in [0.25, 0.3) is 0 Å². The Morgan fingerprint density at radius 1 is 1.35 bits per heavy atom. The van der Waals surface area contributed by atoms with Gasteiger partial charge < -0.3 is 10.2 Å². The molecule has 1 N–H and O–H groups in total. The van der Waals surface area contributed by atoms with Gasteiger partial charge in [-0.15, -0.1) is 6.58 Å². The van der Waals surface area contributed by atoms with Gasteiger partial charge in [-0.05, 0) is 51.4 Å². The highest BCUT2D eigenvalue weighted by Crippen LogP contribution is 2.25. The van der Waals surface area contributed by atoms with Crippen molar-refractivity contribution >= 4 is 5.82 Å². The zero-order chi connectivity index (χ0) is 15.3. The molecule has 3 nitrogen and oxygen atoms in total. The van der Waals surface area contributed by atoms with Crippen LogP contribution in [-0.2, 0) is 6.54 Å². The first-order valence-electron chi connectivity index (χ1n) is 7.33. The summed E-state index contributed by atoms with van der Waals surface area (Å²) in [7, 11) is 1.97. The van der Waals surface area contributed by atoms with Gasteiger partial charge in [-0.3, -0.25) is 0 Å². The Morgan fingerprint density at radius 2 is 2.00 bits per heavy atom. The Balaban J connectivity index is 3.28. The van der Waals surface area contributed by atoms with E-state index in [1.54, 1.807) is 0 Å². The van der Waals surface area contributed by atoms with E-state index in [0.717, 1.165) is 24.6 Å². The Labute approximate surface area is 124 Å². The van der Waals surface area contributed by atoms with Gasteiger partial charge >= 0.3 is 0 Å². The number of rotatable bonds is 6. The molecule has 0 saturated carbocycles. The molecule has 0 bridgehead atoms. The van der Waals surface area contributed by atoms with Gasteiger partial charge in [-0.1, -0.05) is 19.9 Å². The lowest BCUT2D eigenvalue weighted by atomic mass is 10.0. The number of hydrogen-bond donors (Lipinski definition) is 1. The maximum atomic E-state index is 4.85. The molecule has 0 unspecified atom stereocenters. The summed E-state index contributed by atoms with van der Waals surface area (Å²) in [6.45, 7) is 16.5. The fourth-order valence-corrected chi connectivity index (χ4v) is 2.17. The third-order valence-electron chi connectivity index (χ3n) is 3.26. The van der Waals surface area contributed by atoms with Gasteiger partial charge in [0.2, 0.25) is 0 Å². The Bertz CT molecular complexity index is 444. The van der Waals surface area contributed by atoms with Crippen molar-refractivity contribution in [2.45, 2.75) is 52.6 Å². The van der Waals surface area contributed by atoms with Crippen LogP contribution in [-0.4, -0.2) is 24.1 Å². The lowest BCUT2D eigenvalue weighted by Crippen LogP contribution is -2.42. The molecular weight excluding hydrogens is 246 g/mol. The summed E-state index contributed by atoms with van der Waals surface area (Å²) in [6, 6.07) is 4.37. The zero-order valence-corrected chi connectivity index (χ0v) is 13.8. The molecule has 0 aliphatic carbocycles. The maximum Gasteiger partial charge on any atom is 0.129 e. The minimum Gasteiger partial charge on any atom is -0.348 e. The van der Waals surface area contributed by atoms with Gasteiger partial charge in [0.25, 0.3) is 0 Å². The monoisotopic (exact) mass is 275 g/mol. The minimum atomic E-state index is 0.0215. The van der Waals surface area contributed by atoms with Crippen molar-refractivity contribution in [2.75, 3.05) is 18.5 Å². The van der Waals surface area contributed by atoms with Gasteiger partial charge in [0.05, 0.1) is 0 Å². The molecule has 1 aromatic heterocycles. The van der Waals surface area contributed by atoms with Crippen molar-refractivity contribution in [3.63, 3.8) is 0 Å². The average molecular weight is 275 g/mol. The topological polar surface area (TPSA) is 28.2 Å². The van der Waals surface area contributed by atoms with E-state index in [1.807, 2.05) is 13.1 Å². The highest BCUT2D eigenvalue weighted by molar-refractivity contribution is 5.46. The molecule has 0 atom stereocenters. The summed E-state index contributed by atoms with van der Waals surface area (Å²) in [5, 5.41) is 3.22. The number of hydrogen-bond acceptors (Lipinski definition) is 3. The van der Waals surface area contributed by atoms with E-state index in [0.29, 0.717) is 5.92 Å². The molecule has 1 heterocycles. The van der Waals surface area contributed by atoms with Crippen LogP contribution in [0.2, 0.25) is 0 Å². The fraction of sp³-hybridized carbons (Fsp3) is 0.588. The highest BCUT2D eigenvalue weighted by atomic mass is 15.2. The Morgan fingerprint density at radius 3 is 2.45 bits per heavy atom. The second-order valence-corrected chi connectivity index (χ2v) is 6.51. The largest absolute Gasteiger partial charge is 0.348 e. The van der Waals surface area contributed by atoms with Crippen LogP contribution >= 0.6 is 0 Å². The second kappa shape index (κ2) is 6.89. The molecule has 20 heavy (non-hydrogen) atoms. The second-order valence-electron chi connectivity index (χ2n) is 6.51.